The first-order valence-corrected chi connectivity index (χ1v) is 6.84. The molecule has 0 aliphatic heterocycles. The Balaban J connectivity index is 2.52. The molecule has 106 valence electrons. The zero-order chi connectivity index (χ0) is 14.4. The van der Waals surface area contributed by atoms with E-state index in [1.54, 1.807) is 13.4 Å². The molecule has 0 amide bonds. The van der Waals surface area contributed by atoms with Crippen molar-refractivity contribution in [2.75, 3.05) is 7.11 Å². The number of ether oxygens (including phenoxy) is 1. The Morgan fingerprint density at radius 3 is 2.80 bits per heavy atom. The van der Waals surface area contributed by atoms with Gasteiger partial charge in [0.2, 0.25) is 0 Å². The summed E-state index contributed by atoms with van der Waals surface area (Å²) >= 11 is 0. The van der Waals surface area contributed by atoms with Crippen LogP contribution in [-0.2, 0) is 0 Å². The van der Waals surface area contributed by atoms with Gasteiger partial charge in [-0.05, 0) is 36.8 Å². The van der Waals surface area contributed by atoms with Gasteiger partial charge in [0.1, 0.15) is 0 Å². The second kappa shape index (κ2) is 4.63. The molecule has 1 heterocycles. The fourth-order valence-electron chi connectivity index (χ4n) is 3.35. The molecule has 20 heavy (non-hydrogen) atoms. The van der Waals surface area contributed by atoms with Crippen LogP contribution >= 0.6 is 0 Å². The van der Waals surface area contributed by atoms with E-state index >= 15 is 0 Å². The molecule has 0 saturated carbocycles. The van der Waals surface area contributed by atoms with E-state index in [0.717, 1.165) is 34.8 Å². The first kappa shape index (κ1) is 13.2. The van der Waals surface area contributed by atoms with Gasteiger partial charge in [0.05, 0.1) is 19.5 Å². The summed E-state index contributed by atoms with van der Waals surface area (Å²) in [5, 5.41) is 11.1. The summed E-state index contributed by atoms with van der Waals surface area (Å²) in [4.78, 5) is 11.6. The highest BCUT2D eigenvalue weighted by molar-refractivity contribution is 6.03. The highest BCUT2D eigenvalue weighted by Gasteiger charge is 2.33. The molecule has 0 spiro atoms. The van der Waals surface area contributed by atoms with Crippen LogP contribution in [0.4, 0.5) is 0 Å². The second-order valence-corrected chi connectivity index (χ2v) is 5.51. The van der Waals surface area contributed by atoms with Gasteiger partial charge in [-0.2, -0.15) is 0 Å². The predicted molar refractivity (Wildman–Crippen MR) is 75.5 cm³/mol. The maximum atomic E-state index is 11.6. The van der Waals surface area contributed by atoms with Gasteiger partial charge < -0.3 is 14.3 Å². The van der Waals surface area contributed by atoms with Gasteiger partial charge in [0.15, 0.2) is 17.6 Å². The van der Waals surface area contributed by atoms with Crippen molar-refractivity contribution >= 4 is 17.3 Å². The Morgan fingerprint density at radius 2 is 2.15 bits per heavy atom. The van der Waals surface area contributed by atoms with Crippen LogP contribution < -0.4 is 4.74 Å². The van der Waals surface area contributed by atoms with Crippen molar-refractivity contribution in [3.63, 3.8) is 0 Å². The molecule has 0 bridgehead atoms. The number of carbonyl (C=O) groups excluding carboxylic acids is 1. The lowest BCUT2D eigenvalue weighted by molar-refractivity contribution is 0.112. The van der Waals surface area contributed by atoms with Crippen molar-refractivity contribution in [2.24, 2.45) is 0 Å². The highest BCUT2D eigenvalue weighted by Crippen LogP contribution is 2.48. The number of aliphatic hydroxyl groups is 1. The fourth-order valence-corrected chi connectivity index (χ4v) is 3.35. The van der Waals surface area contributed by atoms with Gasteiger partial charge >= 0.3 is 0 Å². The SMILES string of the molecule is COc1c2c(c(C=O)c3c(C)coc13)[C@@H](C)CC[C@@H]2O. The number of carbonyl (C=O) groups is 1. The van der Waals surface area contributed by atoms with E-state index in [2.05, 4.69) is 6.92 Å². The first-order valence-electron chi connectivity index (χ1n) is 6.84. The molecule has 4 heteroatoms. The van der Waals surface area contributed by atoms with Gasteiger partial charge in [0, 0.05) is 16.5 Å². The summed E-state index contributed by atoms with van der Waals surface area (Å²) in [7, 11) is 1.57. The lowest BCUT2D eigenvalue weighted by Crippen LogP contribution is -2.16. The third-order valence-corrected chi connectivity index (χ3v) is 4.30. The maximum Gasteiger partial charge on any atom is 0.177 e. The van der Waals surface area contributed by atoms with E-state index in [1.807, 2.05) is 6.92 Å². The van der Waals surface area contributed by atoms with Crippen LogP contribution in [0.2, 0.25) is 0 Å². The van der Waals surface area contributed by atoms with Crippen molar-refractivity contribution < 1.29 is 19.1 Å². The number of aryl methyl sites for hydroxylation is 1. The quantitative estimate of drug-likeness (QED) is 0.851. The molecule has 1 aliphatic carbocycles. The monoisotopic (exact) mass is 274 g/mol. The first-order chi connectivity index (χ1) is 9.60. The van der Waals surface area contributed by atoms with E-state index in [-0.39, 0.29) is 5.92 Å². The molecule has 3 rings (SSSR count). The van der Waals surface area contributed by atoms with Crippen molar-refractivity contribution in [3.8, 4) is 5.75 Å². The van der Waals surface area contributed by atoms with E-state index < -0.39 is 6.10 Å². The zero-order valence-corrected chi connectivity index (χ0v) is 11.9. The molecule has 1 aromatic carbocycles. The summed E-state index contributed by atoms with van der Waals surface area (Å²) < 4.78 is 11.1. The summed E-state index contributed by atoms with van der Waals surface area (Å²) in [5.74, 6) is 0.786. The van der Waals surface area contributed by atoms with Gasteiger partial charge in [0.25, 0.3) is 0 Å². The number of methoxy groups -OCH3 is 1. The summed E-state index contributed by atoms with van der Waals surface area (Å²) in [6.45, 7) is 3.99. The Hall–Kier alpha value is -1.81. The molecule has 0 unspecified atom stereocenters. The van der Waals surface area contributed by atoms with Gasteiger partial charge in [-0.1, -0.05) is 6.92 Å². The molecular formula is C16H18O4. The van der Waals surface area contributed by atoms with E-state index in [4.69, 9.17) is 9.15 Å². The Bertz CT molecular complexity index is 684. The van der Waals surface area contributed by atoms with E-state index in [9.17, 15) is 9.90 Å². The van der Waals surface area contributed by atoms with Gasteiger partial charge in [-0.25, -0.2) is 0 Å². The molecule has 1 aliphatic rings. The smallest absolute Gasteiger partial charge is 0.177 e. The van der Waals surface area contributed by atoms with E-state index in [1.165, 1.54) is 0 Å². The number of furan rings is 1. The van der Waals surface area contributed by atoms with Crippen LogP contribution in [0.15, 0.2) is 10.7 Å². The lowest BCUT2D eigenvalue weighted by Gasteiger charge is -2.29. The Labute approximate surface area is 117 Å². The number of aldehydes is 1. The number of rotatable bonds is 2. The minimum Gasteiger partial charge on any atom is -0.492 e. The molecule has 2 atom stereocenters. The molecule has 0 radical (unpaired) electrons. The number of hydrogen-bond acceptors (Lipinski definition) is 4. The van der Waals surface area contributed by atoms with Crippen molar-refractivity contribution in [1.82, 2.24) is 0 Å². The summed E-state index contributed by atoms with van der Waals surface area (Å²) in [5.41, 5.74) is 3.73. The normalized spacial score (nSPS) is 21.8. The Kier molecular flexibility index (Phi) is 3.05. The highest BCUT2D eigenvalue weighted by atomic mass is 16.5. The molecule has 1 N–H and O–H groups in total. The average Bonchev–Trinajstić information content (AvgIpc) is 2.82. The molecule has 2 aromatic rings. The van der Waals surface area contributed by atoms with Crippen LogP contribution in [0.1, 0.15) is 58.8 Å². The number of hydrogen-bond donors (Lipinski definition) is 1. The fraction of sp³-hybridized carbons (Fsp3) is 0.438. The van der Waals surface area contributed by atoms with Crippen molar-refractivity contribution in [2.45, 2.75) is 38.7 Å². The van der Waals surface area contributed by atoms with Crippen LogP contribution in [0.5, 0.6) is 5.75 Å². The van der Waals surface area contributed by atoms with Crippen molar-refractivity contribution in [1.29, 1.82) is 0 Å². The number of aliphatic hydroxyl groups excluding tert-OH is 1. The molecule has 4 nitrogen and oxygen atoms in total. The third kappa shape index (κ3) is 1.61. The van der Waals surface area contributed by atoms with Crippen LogP contribution in [0.3, 0.4) is 0 Å². The van der Waals surface area contributed by atoms with Crippen molar-refractivity contribution in [3.05, 3.63) is 28.5 Å². The average molecular weight is 274 g/mol. The van der Waals surface area contributed by atoms with Gasteiger partial charge in [-0.15, -0.1) is 0 Å². The summed E-state index contributed by atoms with van der Waals surface area (Å²) in [6, 6.07) is 0. The second-order valence-electron chi connectivity index (χ2n) is 5.51. The predicted octanol–water partition coefficient (Wildman–Crippen LogP) is 3.49. The Morgan fingerprint density at radius 1 is 1.40 bits per heavy atom. The summed E-state index contributed by atoms with van der Waals surface area (Å²) in [6.07, 6.45) is 3.43. The minimum absolute atomic E-state index is 0.223. The van der Waals surface area contributed by atoms with E-state index in [0.29, 0.717) is 23.3 Å². The van der Waals surface area contributed by atoms with Crippen LogP contribution in [0.25, 0.3) is 11.0 Å². The minimum atomic E-state index is -0.607. The third-order valence-electron chi connectivity index (χ3n) is 4.30. The number of fused-ring (bicyclic) bond motifs is 2. The zero-order valence-electron chi connectivity index (χ0n) is 11.9. The van der Waals surface area contributed by atoms with Crippen LogP contribution in [0, 0.1) is 6.92 Å². The lowest BCUT2D eigenvalue weighted by atomic mass is 9.78. The molecule has 1 aromatic heterocycles. The largest absolute Gasteiger partial charge is 0.492 e. The molecule has 0 fully saturated rings. The standard InChI is InChI=1S/C16H18O4/c1-8-4-5-11(18)14-12(8)10(6-17)13-9(2)7-20-16(13)15(14)19-3/h6-8,11,18H,4-5H2,1-3H3/t8-,11-/m0/s1. The van der Waals surface area contributed by atoms with Crippen LogP contribution in [-0.4, -0.2) is 18.5 Å². The van der Waals surface area contributed by atoms with Gasteiger partial charge in [-0.3, -0.25) is 4.79 Å². The topological polar surface area (TPSA) is 59.7 Å². The molecular weight excluding hydrogens is 256 g/mol. The maximum absolute atomic E-state index is 11.6. The number of benzene rings is 1. The molecule has 0 saturated heterocycles.